The maximum atomic E-state index is 12.8. The van der Waals surface area contributed by atoms with Gasteiger partial charge in [-0.05, 0) is 55.7 Å². The van der Waals surface area contributed by atoms with E-state index >= 15 is 0 Å². The Morgan fingerprint density at radius 1 is 1.43 bits per heavy atom. The van der Waals surface area contributed by atoms with E-state index in [-0.39, 0.29) is 11.9 Å². The van der Waals surface area contributed by atoms with E-state index < -0.39 is 0 Å². The van der Waals surface area contributed by atoms with Gasteiger partial charge in [-0.2, -0.15) is 5.10 Å². The lowest BCUT2D eigenvalue weighted by Gasteiger charge is -2.35. The zero-order chi connectivity index (χ0) is 16.6. The summed E-state index contributed by atoms with van der Waals surface area (Å²) in [6.07, 6.45) is 3.34. The van der Waals surface area contributed by atoms with Crippen LogP contribution in [0.5, 0.6) is 0 Å². The van der Waals surface area contributed by atoms with Gasteiger partial charge in [0, 0.05) is 30.6 Å². The minimum atomic E-state index is 0.258. The van der Waals surface area contributed by atoms with Crippen molar-refractivity contribution in [3.05, 3.63) is 38.8 Å². The summed E-state index contributed by atoms with van der Waals surface area (Å²) < 4.78 is 1.91. The first-order chi connectivity index (χ1) is 11.0. The molecule has 0 unspecified atom stereocenters. The summed E-state index contributed by atoms with van der Waals surface area (Å²) >= 11 is 1.83. The molecule has 2 aromatic heterocycles. The molecule has 0 bridgehead atoms. The first-order valence-electron chi connectivity index (χ1n) is 8.37. The van der Waals surface area contributed by atoms with Crippen LogP contribution in [0.1, 0.15) is 53.2 Å². The lowest BCUT2D eigenvalue weighted by molar-refractivity contribution is -0.134. The molecule has 4 nitrogen and oxygen atoms in total. The van der Waals surface area contributed by atoms with Gasteiger partial charge < -0.3 is 4.90 Å². The smallest absolute Gasteiger partial charge is 0.223 e. The van der Waals surface area contributed by atoms with Crippen molar-refractivity contribution in [2.45, 2.75) is 52.5 Å². The minimum absolute atomic E-state index is 0.258. The van der Waals surface area contributed by atoms with Gasteiger partial charge in [0.15, 0.2) is 0 Å². The highest BCUT2D eigenvalue weighted by molar-refractivity contribution is 7.10. The molecule has 0 aliphatic carbocycles. The number of aromatic nitrogens is 2. The van der Waals surface area contributed by atoms with Crippen LogP contribution in [-0.4, -0.2) is 27.1 Å². The number of thiophene rings is 1. The molecule has 1 aliphatic heterocycles. The molecule has 5 heteroatoms. The van der Waals surface area contributed by atoms with E-state index in [1.807, 2.05) is 30.0 Å². The third-order valence-electron chi connectivity index (χ3n) is 5.05. The first kappa shape index (κ1) is 16.2. The van der Waals surface area contributed by atoms with Crippen molar-refractivity contribution in [1.82, 2.24) is 14.7 Å². The SMILES string of the molecule is CC[C@@H]1c2ccsc2CCN1C(=O)CCc1c(C)nn(C)c1C. The molecule has 2 aromatic rings. The second-order valence-electron chi connectivity index (χ2n) is 6.33. The van der Waals surface area contributed by atoms with Gasteiger partial charge in [-0.3, -0.25) is 9.48 Å². The molecule has 0 saturated heterocycles. The van der Waals surface area contributed by atoms with Gasteiger partial charge in [0.1, 0.15) is 0 Å². The Balaban J connectivity index is 1.71. The Morgan fingerprint density at radius 3 is 2.87 bits per heavy atom. The van der Waals surface area contributed by atoms with Gasteiger partial charge in [-0.15, -0.1) is 11.3 Å². The van der Waals surface area contributed by atoms with Crippen LogP contribution in [0.25, 0.3) is 0 Å². The number of nitrogens with zero attached hydrogens (tertiary/aromatic N) is 3. The normalized spacial score (nSPS) is 17.4. The summed E-state index contributed by atoms with van der Waals surface area (Å²) in [5.74, 6) is 0.274. The van der Waals surface area contributed by atoms with Crippen molar-refractivity contribution >= 4 is 17.2 Å². The van der Waals surface area contributed by atoms with Gasteiger partial charge in [-0.1, -0.05) is 6.92 Å². The molecule has 0 aromatic carbocycles. The molecule has 1 aliphatic rings. The van der Waals surface area contributed by atoms with Crippen LogP contribution in [0.2, 0.25) is 0 Å². The van der Waals surface area contributed by atoms with Crippen LogP contribution in [0.15, 0.2) is 11.4 Å². The lowest BCUT2D eigenvalue weighted by atomic mass is 9.97. The van der Waals surface area contributed by atoms with Gasteiger partial charge in [0.2, 0.25) is 5.91 Å². The third-order valence-corrected chi connectivity index (χ3v) is 6.05. The molecule has 1 atom stereocenters. The van der Waals surface area contributed by atoms with E-state index in [4.69, 9.17) is 0 Å². The van der Waals surface area contributed by atoms with Gasteiger partial charge in [0.25, 0.3) is 0 Å². The monoisotopic (exact) mass is 331 g/mol. The largest absolute Gasteiger partial charge is 0.335 e. The molecule has 0 spiro atoms. The summed E-state index contributed by atoms with van der Waals surface area (Å²) in [5.41, 5.74) is 4.80. The van der Waals surface area contributed by atoms with Crippen molar-refractivity contribution in [1.29, 1.82) is 0 Å². The Kier molecular flexibility index (Phi) is 4.57. The Morgan fingerprint density at radius 2 is 2.22 bits per heavy atom. The maximum Gasteiger partial charge on any atom is 0.223 e. The highest BCUT2D eigenvalue weighted by Gasteiger charge is 2.30. The van der Waals surface area contributed by atoms with Crippen LogP contribution in [-0.2, 0) is 24.7 Å². The Hall–Kier alpha value is -1.62. The van der Waals surface area contributed by atoms with Crippen molar-refractivity contribution in [3.63, 3.8) is 0 Å². The molecule has 0 saturated carbocycles. The van der Waals surface area contributed by atoms with Crippen molar-refractivity contribution in [3.8, 4) is 0 Å². The molecular weight excluding hydrogens is 306 g/mol. The first-order valence-corrected chi connectivity index (χ1v) is 9.25. The minimum Gasteiger partial charge on any atom is -0.335 e. The number of hydrogen-bond acceptors (Lipinski definition) is 3. The average Bonchev–Trinajstić information content (AvgIpc) is 3.10. The van der Waals surface area contributed by atoms with Crippen LogP contribution < -0.4 is 0 Å². The van der Waals surface area contributed by atoms with Gasteiger partial charge >= 0.3 is 0 Å². The fourth-order valence-corrected chi connectivity index (χ4v) is 4.62. The number of carbonyl (C=O) groups excluding carboxylic acids is 1. The molecule has 0 radical (unpaired) electrons. The second kappa shape index (κ2) is 6.48. The maximum absolute atomic E-state index is 12.8. The standard InChI is InChI=1S/C18H25N3OS/c1-5-16-15-9-11-23-17(15)8-10-21(16)18(22)7-6-14-12(2)19-20(4)13(14)3/h9,11,16H,5-8,10H2,1-4H3/t16-/m1/s1. The zero-order valence-electron chi connectivity index (χ0n) is 14.4. The Bertz CT molecular complexity index is 716. The fraction of sp³-hybridized carbons (Fsp3) is 0.556. The zero-order valence-corrected chi connectivity index (χ0v) is 15.2. The molecular formula is C18H25N3OS. The number of amides is 1. The summed E-state index contributed by atoms with van der Waals surface area (Å²) in [5, 5.41) is 6.60. The Labute approximate surface area is 142 Å². The predicted octanol–water partition coefficient (Wildman–Crippen LogP) is 3.57. The average molecular weight is 331 g/mol. The third kappa shape index (κ3) is 2.94. The van der Waals surface area contributed by atoms with Crippen molar-refractivity contribution in [2.24, 2.45) is 7.05 Å². The van der Waals surface area contributed by atoms with Gasteiger partial charge in [-0.25, -0.2) is 0 Å². The van der Waals surface area contributed by atoms with Crippen LogP contribution >= 0.6 is 11.3 Å². The lowest BCUT2D eigenvalue weighted by Crippen LogP contribution is -2.39. The fourth-order valence-electron chi connectivity index (χ4n) is 3.69. The molecule has 3 heterocycles. The van der Waals surface area contributed by atoms with E-state index in [1.54, 1.807) is 0 Å². The molecule has 0 N–H and O–H groups in total. The summed E-state index contributed by atoms with van der Waals surface area (Å²) in [6, 6.07) is 2.46. The molecule has 3 rings (SSSR count). The van der Waals surface area contributed by atoms with Crippen molar-refractivity contribution in [2.75, 3.05) is 6.54 Å². The summed E-state index contributed by atoms with van der Waals surface area (Å²) in [4.78, 5) is 16.4. The van der Waals surface area contributed by atoms with E-state index in [0.717, 1.165) is 31.5 Å². The topological polar surface area (TPSA) is 38.1 Å². The molecule has 1 amide bonds. The number of rotatable bonds is 4. The van der Waals surface area contributed by atoms with Crippen LogP contribution in [0.3, 0.4) is 0 Å². The second-order valence-corrected chi connectivity index (χ2v) is 7.33. The highest BCUT2D eigenvalue weighted by atomic mass is 32.1. The highest BCUT2D eigenvalue weighted by Crippen LogP contribution is 2.35. The van der Waals surface area contributed by atoms with Crippen LogP contribution in [0.4, 0.5) is 0 Å². The van der Waals surface area contributed by atoms with Gasteiger partial charge in [0.05, 0.1) is 11.7 Å². The van der Waals surface area contributed by atoms with Crippen molar-refractivity contribution < 1.29 is 4.79 Å². The number of hydrogen-bond donors (Lipinski definition) is 0. The molecule has 124 valence electrons. The predicted molar refractivity (Wildman–Crippen MR) is 93.8 cm³/mol. The summed E-state index contributed by atoms with van der Waals surface area (Å²) in [6.45, 7) is 7.14. The van der Waals surface area contributed by atoms with Crippen LogP contribution in [0, 0.1) is 13.8 Å². The summed E-state index contributed by atoms with van der Waals surface area (Å²) in [7, 11) is 1.96. The van der Waals surface area contributed by atoms with E-state index in [1.165, 1.54) is 21.7 Å². The molecule has 0 fully saturated rings. The quantitative estimate of drug-likeness (QED) is 0.859. The number of aryl methyl sites for hydroxylation is 2. The number of carbonyl (C=O) groups is 1. The van der Waals surface area contributed by atoms with E-state index in [0.29, 0.717) is 6.42 Å². The van der Waals surface area contributed by atoms with E-state index in [2.05, 4.69) is 35.3 Å². The number of fused-ring (bicyclic) bond motifs is 1. The molecule has 23 heavy (non-hydrogen) atoms. The van der Waals surface area contributed by atoms with E-state index in [9.17, 15) is 4.79 Å².